The zero-order chi connectivity index (χ0) is 13.3. The second-order valence-corrected chi connectivity index (χ2v) is 3.98. The van der Waals surface area contributed by atoms with Gasteiger partial charge in [-0.25, -0.2) is 9.37 Å². The number of nitrogens with two attached hydrogens (primary N) is 2. The predicted molar refractivity (Wildman–Crippen MR) is 67.3 cm³/mol. The number of rotatable bonds is 2. The average Bonchev–Trinajstić information content (AvgIpc) is 2.33. The number of carbonyl (C=O) groups is 1. The van der Waals surface area contributed by atoms with Crippen molar-refractivity contribution >= 4 is 11.6 Å². The first-order valence-corrected chi connectivity index (χ1v) is 5.32. The number of amides is 1. The van der Waals surface area contributed by atoms with E-state index in [0.717, 1.165) is 5.56 Å². The molecule has 0 bridgehead atoms. The molecule has 0 aliphatic heterocycles. The Bertz CT molecular complexity index is 626. The number of primary amides is 1. The van der Waals surface area contributed by atoms with Crippen LogP contribution in [0, 0.1) is 12.7 Å². The largest absolute Gasteiger partial charge is 0.397 e. The zero-order valence-electron chi connectivity index (χ0n) is 9.77. The van der Waals surface area contributed by atoms with Gasteiger partial charge < -0.3 is 11.5 Å². The molecule has 0 saturated heterocycles. The first-order valence-electron chi connectivity index (χ1n) is 5.32. The molecule has 0 saturated carbocycles. The highest BCUT2D eigenvalue weighted by molar-refractivity contribution is 5.96. The van der Waals surface area contributed by atoms with Crippen LogP contribution in [0.4, 0.5) is 10.1 Å². The zero-order valence-corrected chi connectivity index (χ0v) is 9.77. The average molecular weight is 245 g/mol. The lowest BCUT2D eigenvalue weighted by Gasteiger charge is -2.07. The van der Waals surface area contributed by atoms with E-state index < -0.39 is 11.7 Å². The molecule has 1 amide bonds. The summed E-state index contributed by atoms with van der Waals surface area (Å²) in [7, 11) is 0. The van der Waals surface area contributed by atoms with Crippen LogP contribution < -0.4 is 11.5 Å². The van der Waals surface area contributed by atoms with Gasteiger partial charge in [-0.1, -0.05) is 11.6 Å². The number of aromatic nitrogens is 1. The molecule has 4 N–H and O–H groups in total. The summed E-state index contributed by atoms with van der Waals surface area (Å²) in [5, 5.41) is 0. The Balaban J connectivity index is 2.61. The SMILES string of the molecule is Cc1ccc(F)c(-c2ccc(N)c(C(N)=O)n2)c1. The van der Waals surface area contributed by atoms with E-state index in [-0.39, 0.29) is 11.4 Å². The minimum Gasteiger partial charge on any atom is -0.397 e. The van der Waals surface area contributed by atoms with Gasteiger partial charge >= 0.3 is 0 Å². The van der Waals surface area contributed by atoms with Crippen molar-refractivity contribution in [1.82, 2.24) is 4.98 Å². The fourth-order valence-corrected chi connectivity index (χ4v) is 1.65. The van der Waals surface area contributed by atoms with Crippen LogP contribution in [0.1, 0.15) is 16.1 Å². The third-order valence-corrected chi connectivity index (χ3v) is 2.56. The van der Waals surface area contributed by atoms with E-state index in [2.05, 4.69) is 4.98 Å². The molecule has 0 radical (unpaired) electrons. The van der Waals surface area contributed by atoms with Crippen LogP contribution in [0.2, 0.25) is 0 Å². The maximum atomic E-state index is 13.7. The maximum absolute atomic E-state index is 13.7. The molecule has 0 fully saturated rings. The highest BCUT2D eigenvalue weighted by atomic mass is 19.1. The van der Waals surface area contributed by atoms with Crippen molar-refractivity contribution in [2.45, 2.75) is 6.92 Å². The van der Waals surface area contributed by atoms with Crippen LogP contribution in [-0.2, 0) is 0 Å². The third-order valence-electron chi connectivity index (χ3n) is 2.56. The number of hydrogen-bond acceptors (Lipinski definition) is 3. The Hall–Kier alpha value is -2.43. The van der Waals surface area contributed by atoms with Crippen molar-refractivity contribution in [2.75, 3.05) is 5.73 Å². The molecule has 5 heteroatoms. The summed E-state index contributed by atoms with van der Waals surface area (Å²) in [4.78, 5) is 15.1. The lowest BCUT2D eigenvalue weighted by molar-refractivity contribution is 0.0996. The van der Waals surface area contributed by atoms with Crippen LogP contribution in [0.5, 0.6) is 0 Å². The summed E-state index contributed by atoms with van der Waals surface area (Å²) < 4.78 is 13.7. The minimum absolute atomic E-state index is 0.0478. The number of carbonyl (C=O) groups excluding carboxylic acids is 1. The van der Waals surface area contributed by atoms with E-state index in [1.54, 1.807) is 18.2 Å². The lowest BCUT2D eigenvalue weighted by atomic mass is 10.1. The molecule has 2 rings (SSSR count). The molecule has 1 heterocycles. The van der Waals surface area contributed by atoms with Gasteiger partial charge in [-0.3, -0.25) is 4.79 Å². The van der Waals surface area contributed by atoms with Gasteiger partial charge in [0.1, 0.15) is 5.82 Å². The standard InChI is InChI=1S/C13H12FN3O/c1-7-2-3-9(14)8(6-7)11-5-4-10(15)12(17-11)13(16)18/h2-6H,15H2,1H3,(H2,16,18). The smallest absolute Gasteiger partial charge is 0.269 e. The van der Waals surface area contributed by atoms with Gasteiger partial charge in [0.05, 0.1) is 11.4 Å². The fourth-order valence-electron chi connectivity index (χ4n) is 1.65. The van der Waals surface area contributed by atoms with Crippen molar-refractivity contribution in [3.63, 3.8) is 0 Å². The minimum atomic E-state index is -0.734. The van der Waals surface area contributed by atoms with Gasteiger partial charge in [-0.15, -0.1) is 0 Å². The van der Waals surface area contributed by atoms with E-state index >= 15 is 0 Å². The number of nitrogen functional groups attached to an aromatic ring is 1. The molecule has 1 aromatic heterocycles. The van der Waals surface area contributed by atoms with Gasteiger partial charge in [0.15, 0.2) is 5.69 Å². The predicted octanol–water partition coefficient (Wildman–Crippen LogP) is 1.88. The summed E-state index contributed by atoms with van der Waals surface area (Å²) in [6.07, 6.45) is 0. The Morgan fingerprint density at radius 1 is 1.28 bits per heavy atom. The normalized spacial score (nSPS) is 10.3. The number of nitrogens with zero attached hydrogens (tertiary/aromatic N) is 1. The molecule has 0 unspecified atom stereocenters. The summed E-state index contributed by atoms with van der Waals surface area (Å²) in [5.41, 5.74) is 12.4. The monoisotopic (exact) mass is 245 g/mol. The van der Waals surface area contributed by atoms with Crippen molar-refractivity contribution in [2.24, 2.45) is 5.73 Å². The molecule has 0 aliphatic carbocycles. The number of halogens is 1. The topological polar surface area (TPSA) is 82.0 Å². The van der Waals surface area contributed by atoms with Crippen molar-refractivity contribution in [3.8, 4) is 11.3 Å². The maximum Gasteiger partial charge on any atom is 0.269 e. The molecule has 0 aliphatic rings. The summed E-state index contributed by atoms with van der Waals surface area (Å²) in [6, 6.07) is 7.71. The lowest BCUT2D eigenvalue weighted by Crippen LogP contribution is -2.16. The second-order valence-electron chi connectivity index (χ2n) is 3.98. The van der Waals surface area contributed by atoms with Gasteiger partial charge in [0.2, 0.25) is 0 Å². The molecule has 2 aromatic rings. The van der Waals surface area contributed by atoms with E-state index in [9.17, 15) is 9.18 Å². The van der Waals surface area contributed by atoms with E-state index in [1.165, 1.54) is 12.1 Å². The number of hydrogen-bond donors (Lipinski definition) is 2. The molecule has 4 nitrogen and oxygen atoms in total. The van der Waals surface area contributed by atoms with E-state index in [4.69, 9.17) is 11.5 Å². The van der Waals surface area contributed by atoms with E-state index in [0.29, 0.717) is 11.3 Å². The number of benzene rings is 1. The molecule has 92 valence electrons. The van der Waals surface area contributed by atoms with Crippen molar-refractivity contribution in [1.29, 1.82) is 0 Å². The van der Waals surface area contributed by atoms with Crippen LogP contribution in [0.3, 0.4) is 0 Å². The first kappa shape index (κ1) is 12.0. The Kier molecular flexibility index (Phi) is 2.97. The van der Waals surface area contributed by atoms with Crippen LogP contribution in [-0.4, -0.2) is 10.9 Å². The Labute approximate surface area is 103 Å². The fraction of sp³-hybridized carbons (Fsp3) is 0.0769. The summed E-state index contributed by atoms with van der Waals surface area (Å²) in [6.45, 7) is 1.84. The van der Waals surface area contributed by atoms with Crippen LogP contribution in [0.15, 0.2) is 30.3 Å². The second kappa shape index (κ2) is 4.44. The highest BCUT2D eigenvalue weighted by Crippen LogP contribution is 2.24. The number of pyridine rings is 1. The third kappa shape index (κ3) is 2.15. The van der Waals surface area contributed by atoms with Gasteiger partial charge in [-0.05, 0) is 31.2 Å². The molecule has 18 heavy (non-hydrogen) atoms. The van der Waals surface area contributed by atoms with Crippen molar-refractivity contribution < 1.29 is 9.18 Å². The van der Waals surface area contributed by atoms with E-state index in [1.807, 2.05) is 6.92 Å². The molecule has 1 aromatic carbocycles. The van der Waals surface area contributed by atoms with Crippen LogP contribution >= 0.6 is 0 Å². The van der Waals surface area contributed by atoms with Gasteiger partial charge in [0.25, 0.3) is 5.91 Å². The van der Waals surface area contributed by atoms with Crippen molar-refractivity contribution in [3.05, 3.63) is 47.4 Å². The van der Waals surface area contributed by atoms with Gasteiger partial charge in [0, 0.05) is 5.56 Å². The summed E-state index contributed by atoms with van der Waals surface area (Å²) >= 11 is 0. The molecule has 0 atom stereocenters. The summed E-state index contributed by atoms with van der Waals surface area (Å²) in [5.74, 6) is -1.14. The number of anilines is 1. The molecular weight excluding hydrogens is 233 g/mol. The Morgan fingerprint density at radius 2 is 2.00 bits per heavy atom. The first-order chi connectivity index (χ1) is 8.49. The van der Waals surface area contributed by atoms with Gasteiger partial charge in [-0.2, -0.15) is 0 Å². The molecule has 0 spiro atoms. The number of aryl methyl sites for hydroxylation is 1. The Morgan fingerprint density at radius 3 is 2.67 bits per heavy atom. The highest BCUT2D eigenvalue weighted by Gasteiger charge is 2.12. The molecular formula is C13H12FN3O. The quantitative estimate of drug-likeness (QED) is 0.847. The van der Waals surface area contributed by atoms with Crippen LogP contribution in [0.25, 0.3) is 11.3 Å².